The van der Waals surface area contributed by atoms with Crippen molar-refractivity contribution < 1.29 is 0 Å². The number of nitrogen functional groups attached to an aromatic ring is 1. The molecule has 0 bridgehead atoms. The van der Waals surface area contributed by atoms with Crippen LogP contribution in [0.25, 0.3) is 0 Å². The van der Waals surface area contributed by atoms with Crippen LogP contribution in [0.2, 0.25) is 0 Å². The molecule has 1 aliphatic heterocycles. The number of fused-ring (bicyclic) bond motifs is 1. The van der Waals surface area contributed by atoms with Crippen molar-refractivity contribution in [3.05, 3.63) is 22.0 Å². The van der Waals surface area contributed by atoms with Gasteiger partial charge in [0.2, 0.25) is 0 Å². The van der Waals surface area contributed by atoms with E-state index in [0.29, 0.717) is 0 Å². The van der Waals surface area contributed by atoms with Crippen LogP contribution in [-0.4, -0.2) is 18.2 Å². The largest absolute Gasteiger partial charge is 0.396 e. The fourth-order valence-electron chi connectivity index (χ4n) is 2.12. The second-order valence-electron chi connectivity index (χ2n) is 4.18. The summed E-state index contributed by atoms with van der Waals surface area (Å²) in [4.78, 5) is 13.9. The quantitative estimate of drug-likeness (QED) is 0.689. The smallest absolute Gasteiger partial charge is 0.252 e. The van der Waals surface area contributed by atoms with Crippen LogP contribution in [0.4, 0.5) is 11.5 Å². The normalized spacial score (nSPS) is 16.0. The molecule has 0 aliphatic carbocycles. The maximum Gasteiger partial charge on any atom is 0.252 e. The summed E-state index contributed by atoms with van der Waals surface area (Å²) in [5.74, 6) is 0.887. The highest BCUT2D eigenvalue weighted by Gasteiger charge is 2.17. The van der Waals surface area contributed by atoms with Gasteiger partial charge in [0.05, 0.1) is 5.69 Å². The topological polar surface area (TPSA) is 51.3 Å². The van der Waals surface area contributed by atoms with Crippen molar-refractivity contribution in [2.45, 2.75) is 26.3 Å². The van der Waals surface area contributed by atoms with Crippen LogP contribution in [0.15, 0.2) is 10.9 Å². The fraction of sp³-hybridized carbons (Fsp3) is 0.545. The van der Waals surface area contributed by atoms with Gasteiger partial charge in [0.15, 0.2) is 0 Å². The molecule has 82 valence electrons. The number of anilines is 2. The number of nitrogens with zero attached hydrogens (tertiary/aromatic N) is 2. The lowest BCUT2D eigenvalue weighted by Gasteiger charge is -2.22. The molecule has 1 aromatic rings. The molecule has 0 radical (unpaired) electrons. The van der Waals surface area contributed by atoms with E-state index in [0.717, 1.165) is 43.0 Å². The Morgan fingerprint density at radius 1 is 1.33 bits per heavy atom. The Balaban J connectivity index is 2.69. The third-order valence-electron chi connectivity index (χ3n) is 3.01. The van der Waals surface area contributed by atoms with E-state index in [-0.39, 0.29) is 5.56 Å². The Morgan fingerprint density at radius 3 is 2.73 bits per heavy atom. The lowest BCUT2D eigenvalue weighted by molar-refractivity contribution is 0.637. The predicted octanol–water partition coefficient (Wildman–Crippen LogP) is 0.969. The molecule has 0 unspecified atom stereocenters. The van der Waals surface area contributed by atoms with Gasteiger partial charge in [0.25, 0.3) is 5.56 Å². The van der Waals surface area contributed by atoms with Crippen molar-refractivity contribution in [2.75, 3.05) is 24.2 Å². The first-order valence-corrected chi connectivity index (χ1v) is 5.32. The van der Waals surface area contributed by atoms with E-state index in [2.05, 4.69) is 4.90 Å². The minimum absolute atomic E-state index is 0.0606. The number of aryl methyl sites for hydroxylation is 1. The number of hydrogen-bond acceptors (Lipinski definition) is 3. The molecule has 0 aromatic carbocycles. The van der Waals surface area contributed by atoms with Crippen LogP contribution >= 0.6 is 0 Å². The number of nitrogens with two attached hydrogens (primary N) is 1. The van der Waals surface area contributed by atoms with Crippen molar-refractivity contribution in [3.8, 4) is 0 Å². The molecule has 0 atom stereocenters. The maximum absolute atomic E-state index is 11.8. The summed E-state index contributed by atoms with van der Waals surface area (Å²) in [6.45, 7) is 3.63. The molecule has 0 spiro atoms. The Labute approximate surface area is 89.3 Å². The van der Waals surface area contributed by atoms with Gasteiger partial charge < -0.3 is 10.6 Å². The molecule has 1 aliphatic rings. The maximum atomic E-state index is 11.8. The lowest BCUT2D eigenvalue weighted by atomic mass is 10.2. The van der Waals surface area contributed by atoms with Crippen molar-refractivity contribution in [1.82, 2.24) is 4.57 Å². The summed E-state index contributed by atoms with van der Waals surface area (Å²) in [7, 11) is 1.99. The molecule has 4 heteroatoms. The van der Waals surface area contributed by atoms with E-state index in [4.69, 9.17) is 5.73 Å². The molecule has 1 aromatic heterocycles. The van der Waals surface area contributed by atoms with Crippen molar-refractivity contribution in [2.24, 2.45) is 0 Å². The van der Waals surface area contributed by atoms with Gasteiger partial charge in [-0.25, -0.2) is 0 Å². The van der Waals surface area contributed by atoms with Crippen molar-refractivity contribution in [1.29, 1.82) is 0 Å². The number of rotatable bonds is 0. The van der Waals surface area contributed by atoms with Gasteiger partial charge in [-0.1, -0.05) is 0 Å². The molecule has 0 saturated carbocycles. The first-order chi connectivity index (χ1) is 7.11. The van der Waals surface area contributed by atoms with Gasteiger partial charge >= 0.3 is 0 Å². The van der Waals surface area contributed by atoms with Gasteiger partial charge in [-0.3, -0.25) is 9.36 Å². The van der Waals surface area contributed by atoms with Crippen LogP contribution in [-0.2, 0) is 6.54 Å². The first-order valence-electron chi connectivity index (χ1n) is 5.32. The zero-order valence-electron chi connectivity index (χ0n) is 9.29. The number of aromatic nitrogens is 1. The highest BCUT2D eigenvalue weighted by molar-refractivity contribution is 5.67. The summed E-state index contributed by atoms with van der Waals surface area (Å²) in [6.07, 6.45) is 2.15. The highest BCUT2D eigenvalue weighted by Crippen LogP contribution is 2.26. The minimum Gasteiger partial charge on any atom is -0.396 e. The second-order valence-corrected chi connectivity index (χ2v) is 4.18. The third kappa shape index (κ3) is 1.60. The Hall–Kier alpha value is -1.45. The average Bonchev–Trinajstić information content (AvgIpc) is 2.37. The third-order valence-corrected chi connectivity index (χ3v) is 3.01. The van der Waals surface area contributed by atoms with E-state index >= 15 is 0 Å². The van der Waals surface area contributed by atoms with Crippen LogP contribution < -0.4 is 16.2 Å². The first kappa shape index (κ1) is 10.1. The van der Waals surface area contributed by atoms with Gasteiger partial charge in [-0.2, -0.15) is 0 Å². The Kier molecular flexibility index (Phi) is 2.42. The summed E-state index contributed by atoms with van der Waals surface area (Å²) in [5.41, 5.74) is 7.70. The van der Waals surface area contributed by atoms with Gasteiger partial charge in [0.1, 0.15) is 5.82 Å². The zero-order valence-corrected chi connectivity index (χ0v) is 9.29. The van der Waals surface area contributed by atoms with Gasteiger partial charge in [-0.15, -0.1) is 0 Å². The fourth-order valence-corrected chi connectivity index (χ4v) is 2.12. The van der Waals surface area contributed by atoms with E-state index in [9.17, 15) is 4.79 Å². The zero-order chi connectivity index (χ0) is 11.0. The molecule has 2 heterocycles. The van der Waals surface area contributed by atoms with E-state index in [1.54, 1.807) is 10.6 Å². The standard InChI is InChI=1S/C11H17N3O/c1-8-7-9(15)14-6-4-3-5-13(2)11(14)10(8)12/h7H,3-6,12H2,1-2H3. The van der Waals surface area contributed by atoms with Crippen LogP contribution in [0, 0.1) is 6.92 Å². The predicted molar refractivity (Wildman–Crippen MR) is 62.4 cm³/mol. The monoisotopic (exact) mass is 207 g/mol. The van der Waals surface area contributed by atoms with Gasteiger partial charge in [-0.05, 0) is 25.3 Å². The van der Waals surface area contributed by atoms with Gasteiger partial charge in [0, 0.05) is 26.2 Å². The lowest BCUT2D eigenvalue weighted by Crippen LogP contribution is -2.28. The van der Waals surface area contributed by atoms with E-state index < -0.39 is 0 Å². The van der Waals surface area contributed by atoms with Crippen molar-refractivity contribution in [3.63, 3.8) is 0 Å². The summed E-state index contributed by atoms with van der Waals surface area (Å²) in [6, 6.07) is 1.62. The van der Waals surface area contributed by atoms with Crippen LogP contribution in [0.5, 0.6) is 0 Å². The second kappa shape index (κ2) is 3.61. The van der Waals surface area contributed by atoms with E-state index in [1.807, 2.05) is 14.0 Å². The van der Waals surface area contributed by atoms with Crippen molar-refractivity contribution >= 4 is 11.5 Å². The van der Waals surface area contributed by atoms with Crippen LogP contribution in [0.3, 0.4) is 0 Å². The molecule has 2 N–H and O–H groups in total. The summed E-state index contributed by atoms with van der Waals surface area (Å²) < 4.78 is 1.79. The summed E-state index contributed by atoms with van der Waals surface area (Å²) in [5, 5.41) is 0. The van der Waals surface area contributed by atoms with Crippen LogP contribution in [0.1, 0.15) is 18.4 Å². The molecule has 15 heavy (non-hydrogen) atoms. The molecule has 0 saturated heterocycles. The minimum atomic E-state index is 0.0606. The molecular formula is C11H17N3O. The molecule has 2 rings (SSSR count). The number of hydrogen-bond donors (Lipinski definition) is 1. The molecule has 4 nitrogen and oxygen atoms in total. The van der Waals surface area contributed by atoms with E-state index in [1.165, 1.54) is 0 Å². The average molecular weight is 207 g/mol. The highest BCUT2D eigenvalue weighted by atomic mass is 16.1. The summed E-state index contributed by atoms with van der Waals surface area (Å²) >= 11 is 0. The molecule has 0 fully saturated rings. The molecular weight excluding hydrogens is 190 g/mol. The Morgan fingerprint density at radius 2 is 2.00 bits per heavy atom. The number of pyridine rings is 1. The molecule has 0 amide bonds. The SMILES string of the molecule is Cc1cc(=O)n2c(c1N)N(C)CCCC2. The Bertz CT molecular complexity index is 436.